The molecule has 0 saturated carbocycles. The molecule has 0 fully saturated rings. The Morgan fingerprint density at radius 3 is 2.56 bits per heavy atom. The van der Waals surface area contributed by atoms with Crippen LogP contribution < -0.4 is 14.8 Å². The lowest BCUT2D eigenvalue weighted by Gasteiger charge is -2.11. The van der Waals surface area contributed by atoms with Crippen molar-refractivity contribution in [2.24, 2.45) is 0 Å². The number of halogens is 1. The van der Waals surface area contributed by atoms with E-state index in [9.17, 15) is 4.79 Å². The first-order valence-corrected chi connectivity index (χ1v) is 6.48. The molecule has 0 atom stereocenters. The summed E-state index contributed by atoms with van der Waals surface area (Å²) in [6, 6.07) is 7.46. The van der Waals surface area contributed by atoms with Gasteiger partial charge in [-0.1, -0.05) is 12.1 Å². The molecule has 0 heterocycles. The Balaban J connectivity index is 2.32. The number of nitrogens with one attached hydrogen (secondary N) is 1. The van der Waals surface area contributed by atoms with E-state index in [1.807, 2.05) is 31.2 Å². The number of carbonyl (C=O) groups excluding carboxylic acids is 1. The van der Waals surface area contributed by atoms with E-state index in [0.717, 1.165) is 0 Å². The maximum absolute atomic E-state index is 11.1. The zero-order valence-electron chi connectivity index (χ0n) is 10.4. The van der Waals surface area contributed by atoms with E-state index in [1.165, 1.54) is 0 Å². The highest BCUT2D eigenvalue weighted by atomic mass is 35.5. The van der Waals surface area contributed by atoms with Crippen molar-refractivity contribution in [3.8, 4) is 11.5 Å². The van der Waals surface area contributed by atoms with Crippen LogP contribution in [0.2, 0.25) is 0 Å². The molecule has 18 heavy (non-hydrogen) atoms. The minimum atomic E-state index is -0.0632. The largest absolute Gasteiger partial charge is 0.490 e. The average Bonchev–Trinajstić information content (AvgIpc) is 2.37. The molecule has 1 rings (SSSR count). The molecule has 0 bridgehead atoms. The number of amides is 1. The monoisotopic (exact) mass is 271 g/mol. The van der Waals surface area contributed by atoms with E-state index >= 15 is 0 Å². The first-order valence-electron chi connectivity index (χ1n) is 5.95. The number of para-hydroxylation sites is 2. The van der Waals surface area contributed by atoms with E-state index in [0.29, 0.717) is 43.6 Å². The number of hydrogen-bond acceptors (Lipinski definition) is 3. The van der Waals surface area contributed by atoms with Crippen molar-refractivity contribution >= 4 is 17.5 Å². The van der Waals surface area contributed by atoms with Gasteiger partial charge in [-0.05, 0) is 19.1 Å². The van der Waals surface area contributed by atoms with E-state index in [-0.39, 0.29) is 5.91 Å². The Kier molecular flexibility index (Phi) is 7.03. The van der Waals surface area contributed by atoms with E-state index in [2.05, 4.69) is 5.32 Å². The maximum Gasteiger partial charge on any atom is 0.221 e. The maximum atomic E-state index is 11.1. The van der Waals surface area contributed by atoms with Crippen molar-refractivity contribution in [2.75, 3.05) is 25.6 Å². The quantitative estimate of drug-likeness (QED) is 0.582. The number of rotatable bonds is 8. The third-order valence-corrected chi connectivity index (χ3v) is 2.34. The molecule has 1 aromatic rings. The van der Waals surface area contributed by atoms with Crippen molar-refractivity contribution < 1.29 is 14.3 Å². The summed E-state index contributed by atoms with van der Waals surface area (Å²) in [7, 11) is 0. The molecule has 0 aliphatic carbocycles. The summed E-state index contributed by atoms with van der Waals surface area (Å²) < 4.78 is 11.0. The van der Waals surface area contributed by atoms with Crippen LogP contribution in [0.1, 0.15) is 13.3 Å². The van der Waals surface area contributed by atoms with Crippen molar-refractivity contribution in [1.29, 1.82) is 0 Å². The third-order valence-electron chi connectivity index (χ3n) is 2.15. The molecule has 1 amide bonds. The van der Waals surface area contributed by atoms with Gasteiger partial charge >= 0.3 is 0 Å². The highest BCUT2D eigenvalue weighted by Crippen LogP contribution is 2.25. The van der Waals surface area contributed by atoms with Crippen LogP contribution in [-0.2, 0) is 4.79 Å². The van der Waals surface area contributed by atoms with E-state index < -0.39 is 0 Å². The SMILES string of the molecule is CCOc1ccccc1OCCNC(=O)CCCl. The van der Waals surface area contributed by atoms with Crippen LogP contribution in [0.15, 0.2) is 24.3 Å². The first-order chi connectivity index (χ1) is 8.77. The smallest absolute Gasteiger partial charge is 0.221 e. The van der Waals surface area contributed by atoms with Gasteiger partial charge < -0.3 is 14.8 Å². The van der Waals surface area contributed by atoms with Crippen molar-refractivity contribution in [3.05, 3.63) is 24.3 Å². The summed E-state index contributed by atoms with van der Waals surface area (Å²) in [4.78, 5) is 11.1. The van der Waals surface area contributed by atoms with Crippen LogP contribution in [0.5, 0.6) is 11.5 Å². The van der Waals surface area contributed by atoms with Crippen molar-refractivity contribution in [1.82, 2.24) is 5.32 Å². The lowest BCUT2D eigenvalue weighted by Crippen LogP contribution is -2.28. The zero-order chi connectivity index (χ0) is 13.2. The Bertz CT molecular complexity index is 371. The van der Waals surface area contributed by atoms with E-state index in [4.69, 9.17) is 21.1 Å². The molecule has 5 heteroatoms. The minimum absolute atomic E-state index is 0.0632. The lowest BCUT2D eigenvalue weighted by atomic mass is 10.3. The number of ether oxygens (including phenoxy) is 2. The fraction of sp³-hybridized carbons (Fsp3) is 0.462. The van der Waals surface area contributed by atoms with Crippen LogP contribution in [0.3, 0.4) is 0 Å². The standard InChI is InChI=1S/C13H18ClNO3/c1-2-17-11-5-3-4-6-12(11)18-10-9-15-13(16)7-8-14/h3-6H,2,7-10H2,1H3,(H,15,16). The van der Waals surface area contributed by atoms with Gasteiger partial charge in [-0.3, -0.25) is 4.79 Å². The highest BCUT2D eigenvalue weighted by molar-refractivity contribution is 6.18. The molecule has 4 nitrogen and oxygen atoms in total. The second-order valence-corrected chi connectivity index (χ2v) is 3.90. The molecule has 0 unspecified atom stereocenters. The molecular formula is C13H18ClNO3. The molecule has 0 aromatic heterocycles. The van der Waals surface area contributed by atoms with Gasteiger partial charge in [0.15, 0.2) is 11.5 Å². The van der Waals surface area contributed by atoms with Gasteiger partial charge in [0.2, 0.25) is 5.91 Å². The van der Waals surface area contributed by atoms with Gasteiger partial charge in [0, 0.05) is 12.3 Å². The van der Waals surface area contributed by atoms with Crippen molar-refractivity contribution in [3.63, 3.8) is 0 Å². The van der Waals surface area contributed by atoms with Crippen LogP contribution in [0, 0.1) is 0 Å². The number of carbonyl (C=O) groups is 1. The fourth-order valence-corrected chi connectivity index (χ4v) is 1.54. The zero-order valence-corrected chi connectivity index (χ0v) is 11.2. The predicted octanol–water partition coefficient (Wildman–Crippen LogP) is 2.21. The summed E-state index contributed by atoms with van der Waals surface area (Å²) in [6.07, 6.45) is 0.330. The minimum Gasteiger partial charge on any atom is -0.490 e. The van der Waals surface area contributed by atoms with Crippen LogP contribution in [0.25, 0.3) is 0 Å². The number of alkyl halides is 1. The third kappa shape index (κ3) is 5.27. The summed E-state index contributed by atoms with van der Waals surface area (Å²) in [6.45, 7) is 3.37. The molecule has 0 aliphatic heterocycles. The van der Waals surface area contributed by atoms with Gasteiger partial charge in [-0.25, -0.2) is 0 Å². The Morgan fingerprint density at radius 2 is 1.94 bits per heavy atom. The van der Waals surface area contributed by atoms with Crippen LogP contribution in [-0.4, -0.2) is 31.5 Å². The fourth-order valence-electron chi connectivity index (χ4n) is 1.37. The second kappa shape index (κ2) is 8.64. The van der Waals surface area contributed by atoms with Crippen molar-refractivity contribution in [2.45, 2.75) is 13.3 Å². The molecular weight excluding hydrogens is 254 g/mol. The highest BCUT2D eigenvalue weighted by Gasteiger charge is 2.03. The van der Waals surface area contributed by atoms with Crippen LogP contribution in [0.4, 0.5) is 0 Å². The van der Waals surface area contributed by atoms with Crippen LogP contribution >= 0.6 is 11.6 Å². The molecule has 1 N–H and O–H groups in total. The number of benzene rings is 1. The predicted molar refractivity (Wildman–Crippen MR) is 71.5 cm³/mol. The average molecular weight is 272 g/mol. The molecule has 0 radical (unpaired) electrons. The van der Waals surface area contributed by atoms with Gasteiger partial charge in [-0.2, -0.15) is 0 Å². The Labute approximate surface area is 112 Å². The van der Waals surface area contributed by atoms with Gasteiger partial charge in [0.1, 0.15) is 6.61 Å². The molecule has 0 saturated heterocycles. The summed E-state index contributed by atoms with van der Waals surface area (Å²) >= 11 is 5.45. The normalized spacial score (nSPS) is 9.89. The second-order valence-electron chi connectivity index (χ2n) is 3.52. The Morgan fingerprint density at radius 1 is 1.28 bits per heavy atom. The molecule has 1 aromatic carbocycles. The van der Waals surface area contributed by atoms with E-state index in [1.54, 1.807) is 0 Å². The summed E-state index contributed by atoms with van der Waals surface area (Å²) in [5.41, 5.74) is 0. The molecule has 0 spiro atoms. The first kappa shape index (κ1) is 14.6. The van der Waals surface area contributed by atoms with Gasteiger partial charge in [0.05, 0.1) is 13.2 Å². The molecule has 100 valence electrons. The Hall–Kier alpha value is -1.42. The topological polar surface area (TPSA) is 47.6 Å². The number of hydrogen-bond donors (Lipinski definition) is 1. The summed E-state index contributed by atoms with van der Waals surface area (Å²) in [5, 5.41) is 2.72. The molecule has 0 aliphatic rings. The van der Waals surface area contributed by atoms with Gasteiger partial charge in [-0.15, -0.1) is 11.6 Å². The lowest BCUT2D eigenvalue weighted by molar-refractivity contribution is -0.120. The summed E-state index contributed by atoms with van der Waals surface area (Å²) in [5.74, 6) is 1.67. The van der Waals surface area contributed by atoms with Gasteiger partial charge in [0.25, 0.3) is 0 Å².